The Balaban J connectivity index is 1.91. The molecule has 0 amide bonds. The van der Waals surface area contributed by atoms with E-state index in [0.717, 1.165) is 22.6 Å². The second-order valence-corrected chi connectivity index (χ2v) is 4.92. The molecule has 3 aromatic carbocycles. The third-order valence-electron chi connectivity index (χ3n) is 3.39. The maximum Gasteiger partial charge on any atom is 0.182 e. The first-order valence-corrected chi connectivity index (χ1v) is 7.22. The van der Waals surface area contributed by atoms with Crippen molar-refractivity contribution in [2.24, 2.45) is 0 Å². The number of hydrogen-bond donors (Lipinski definition) is 0. The molecule has 3 nitrogen and oxygen atoms in total. The molecular formula is C20H11N3. The van der Waals surface area contributed by atoms with Gasteiger partial charge in [0.2, 0.25) is 0 Å². The molecule has 0 bridgehead atoms. The maximum atomic E-state index is 4.68. The maximum absolute atomic E-state index is 4.68. The lowest BCUT2D eigenvalue weighted by Crippen LogP contribution is -1.99. The molecule has 4 rings (SSSR count). The van der Waals surface area contributed by atoms with Crippen molar-refractivity contribution in [3.8, 4) is 28.5 Å². The Hall–Kier alpha value is -3.20. The van der Waals surface area contributed by atoms with Crippen LogP contribution >= 0.6 is 0 Å². The Kier molecular flexibility index (Phi) is 3.45. The second-order valence-electron chi connectivity index (χ2n) is 4.92. The van der Waals surface area contributed by atoms with Gasteiger partial charge in [-0.2, -0.15) is 0 Å². The summed E-state index contributed by atoms with van der Waals surface area (Å²) in [5.74, 6) is 1.33. The highest BCUT2D eigenvalue weighted by atomic mass is 15.4. The van der Waals surface area contributed by atoms with Gasteiger partial charge in [0.25, 0.3) is 0 Å². The summed E-state index contributed by atoms with van der Waals surface area (Å²) in [6.45, 7) is 0. The monoisotopic (exact) mass is 293 g/mol. The van der Waals surface area contributed by atoms with Crippen LogP contribution < -0.4 is 0 Å². The molecule has 0 saturated heterocycles. The molecule has 106 valence electrons. The fourth-order valence-electron chi connectivity index (χ4n) is 2.32. The van der Waals surface area contributed by atoms with E-state index in [-0.39, 0.29) is 0 Å². The first-order chi connectivity index (χ1) is 11.4. The Morgan fingerprint density at radius 1 is 0.739 bits per heavy atom. The van der Waals surface area contributed by atoms with Gasteiger partial charge in [0.05, 0.1) is 5.69 Å². The van der Waals surface area contributed by atoms with E-state index in [9.17, 15) is 0 Å². The first-order valence-electron chi connectivity index (χ1n) is 7.22. The predicted octanol–water partition coefficient (Wildman–Crippen LogP) is 3.80. The smallest absolute Gasteiger partial charge is 0.182 e. The SMILES string of the molecule is [c]1[c]c(-c2nc(-c3[c][c]ccc3)n(-c3ccccc3)n2)ccc1. The molecule has 4 radical (unpaired) electrons. The summed E-state index contributed by atoms with van der Waals surface area (Å²) in [7, 11) is 0. The fourth-order valence-corrected chi connectivity index (χ4v) is 2.32. The van der Waals surface area contributed by atoms with Crippen LogP contribution in [-0.2, 0) is 0 Å². The summed E-state index contributed by atoms with van der Waals surface area (Å²) >= 11 is 0. The van der Waals surface area contributed by atoms with Crippen molar-refractivity contribution in [3.05, 3.63) is 91.0 Å². The summed E-state index contributed by atoms with van der Waals surface area (Å²) in [4.78, 5) is 4.68. The molecular weight excluding hydrogens is 282 g/mol. The largest absolute Gasteiger partial charge is 0.213 e. The van der Waals surface area contributed by atoms with E-state index >= 15 is 0 Å². The molecule has 0 saturated carbocycles. The topological polar surface area (TPSA) is 30.7 Å². The van der Waals surface area contributed by atoms with Gasteiger partial charge in [-0.3, -0.25) is 0 Å². The van der Waals surface area contributed by atoms with Gasteiger partial charge < -0.3 is 0 Å². The molecule has 0 spiro atoms. The second kappa shape index (κ2) is 5.89. The van der Waals surface area contributed by atoms with Gasteiger partial charge >= 0.3 is 0 Å². The average molecular weight is 293 g/mol. The molecule has 0 aliphatic heterocycles. The van der Waals surface area contributed by atoms with E-state index < -0.39 is 0 Å². The third kappa shape index (κ3) is 2.64. The average Bonchev–Trinajstić information content (AvgIpc) is 3.09. The molecule has 1 aromatic heterocycles. The molecule has 3 heteroatoms. The number of nitrogens with zero attached hydrogens (tertiary/aromatic N) is 3. The lowest BCUT2D eigenvalue weighted by Gasteiger charge is -2.04. The van der Waals surface area contributed by atoms with Crippen LogP contribution in [0.4, 0.5) is 0 Å². The minimum absolute atomic E-state index is 0.609. The molecule has 0 aliphatic rings. The third-order valence-corrected chi connectivity index (χ3v) is 3.39. The van der Waals surface area contributed by atoms with Gasteiger partial charge in [-0.25, -0.2) is 9.67 Å². The Bertz CT molecular complexity index is 841. The lowest BCUT2D eigenvalue weighted by atomic mass is 10.2. The summed E-state index contributed by atoms with van der Waals surface area (Å²) in [6.07, 6.45) is 0. The Morgan fingerprint density at radius 3 is 2.09 bits per heavy atom. The van der Waals surface area contributed by atoms with Gasteiger partial charge in [-0.05, 0) is 24.3 Å². The van der Waals surface area contributed by atoms with Crippen molar-refractivity contribution in [2.75, 3.05) is 0 Å². The van der Waals surface area contributed by atoms with Crippen LogP contribution in [0.5, 0.6) is 0 Å². The molecule has 0 fully saturated rings. The highest BCUT2D eigenvalue weighted by molar-refractivity contribution is 5.62. The van der Waals surface area contributed by atoms with Gasteiger partial charge in [0, 0.05) is 23.3 Å². The first kappa shape index (κ1) is 13.5. The zero-order chi connectivity index (χ0) is 15.5. The summed E-state index contributed by atoms with van der Waals surface area (Å²) in [5.41, 5.74) is 2.59. The normalized spacial score (nSPS) is 10.6. The Morgan fingerprint density at radius 2 is 1.43 bits per heavy atom. The standard InChI is InChI=1S/C20H11N3/c1-4-10-16(11-5-1)19-21-20(17-12-6-2-7-13-17)23(22-19)18-14-8-3-9-15-18/h1-4,6,8-10,12,14-15H. The quantitative estimate of drug-likeness (QED) is 0.575. The summed E-state index contributed by atoms with van der Waals surface area (Å²) in [6, 6.07) is 33.3. The van der Waals surface area contributed by atoms with Gasteiger partial charge in [0.1, 0.15) is 0 Å². The van der Waals surface area contributed by atoms with E-state index in [4.69, 9.17) is 0 Å². The van der Waals surface area contributed by atoms with Crippen LogP contribution in [0.3, 0.4) is 0 Å². The van der Waals surface area contributed by atoms with Crippen molar-refractivity contribution in [1.29, 1.82) is 0 Å². The van der Waals surface area contributed by atoms with Crippen molar-refractivity contribution in [2.45, 2.75) is 0 Å². The molecule has 23 heavy (non-hydrogen) atoms. The van der Waals surface area contributed by atoms with E-state index in [1.54, 1.807) is 6.07 Å². The fraction of sp³-hybridized carbons (Fsp3) is 0. The van der Waals surface area contributed by atoms with Crippen LogP contribution in [0.1, 0.15) is 0 Å². The minimum Gasteiger partial charge on any atom is -0.213 e. The van der Waals surface area contributed by atoms with Crippen molar-refractivity contribution in [3.63, 3.8) is 0 Å². The van der Waals surface area contributed by atoms with E-state index in [2.05, 4.69) is 34.3 Å². The van der Waals surface area contributed by atoms with Crippen molar-refractivity contribution < 1.29 is 0 Å². The predicted molar refractivity (Wildman–Crippen MR) is 87.6 cm³/mol. The van der Waals surface area contributed by atoms with Gasteiger partial charge in [0.15, 0.2) is 11.6 Å². The van der Waals surface area contributed by atoms with Crippen LogP contribution in [0.15, 0.2) is 66.7 Å². The van der Waals surface area contributed by atoms with E-state index in [0.29, 0.717) is 5.82 Å². The number of para-hydroxylation sites is 1. The number of aromatic nitrogens is 3. The van der Waals surface area contributed by atoms with Crippen LogP contribution in [-0.4, -0.2) is 14.8 Å². The molecule has 0 N–H and O–H groups in total. The summed E-state index contributed by atoms with van der Waals surface area (Å²) in [5, 5.41) is 4.65. The van der Waals surface area contributed by atoms with Gasteiger partial charge in [-0.1, -0.05) is 54.6 Å². The Labute approximate surface area is 134 Å². The number of hydrogen-bond acceptors (Lipinski definition) is 2. The molecule has 0 unspecified atom stereocenters. The van der Waals surface area contributed by atoms with Crippen LogP contribution in [0, 0.1) is 24.3 Å². The number of rotatable bonds is 3. The minimum atomic E-state index is 0.609. The molecule has 4 aromatic rings. The number of benzene rings is 3. The van der Waals surface area contributed by atoms with Crippen molar-refractivity contribution in [1.82, 2.24) is 14.8 Å². The highest BCUT2D eigenvalue weighted by Gasteiger charge is 2.14. The van der Waals surface area contributed by atoms with E-state index in [1.807, 2.05) is 65.3 Å². The summed E-state index contributed by atoms with van der Waals surface area (Å²) < 4.78 is 1.82. The zero-order valence-electron chi connectivity index (χ0n) is 12.2. The molecule has 0 aliphatic carbocycles. The van der Waals surface area contributed by atoms with Gasteiger partial charge in [-0.15, -0.1) is 5.10 Å². The lowest BCUT2D eigenvalue weighted by molar-refractivity contribution is 0.890. The van der Waals surface area contributed by atoms with Crippen molar-refractivity contribution >= 4 is 0 Å². The molecule has 1 heterocycles. The zero-order valence-corrected chi connectivity index (χ0v) is 12.2. The van der Waals surface area contributed by atoms with E-state index in [1.165, 1.54) is 0 Å². The highest BCUT2D eigenvalue weighted by Crippen LogP contribution is 2.24. The van der Waals surface area contributed by atoms with Crippen LogP contribution in [0.25, 0.3) is 28.5 Å². The van der Waals surface area contributed by atoms with Crippen LogP contribution in [0.2, 0.25) is 0 Å². The molecule has 0 atom stereocenters.